The fraction of sp³-hybridized carbons (Fsp3) is 0.966. The molecule has 30 aliphatic carbocycles. The lowest BCUT2D eigenvalue weighted by atomic mass is 9.54. The minimum Gasteiger partial charge on any atom is -0.460 e. The Morgan fingerprint density at radius 1 is 0.221 bits per heavy atom. The van der Waals surface area contributed by atoms with Crippen LogP contribution < -0.4 is 0 Å². The third-order valence-electron chi connectivity index (χ3n) is 48.9. The van der Waals surface area contributed by atoms with Crippen LogP contribution in [-0.2, 0) is 64.7 Å². The second-order valence-electron chi connectivity index (χ2n) is 60.5. The van der Waals surface area contributed by atoms with E-state index in [4.69, 9.17) is 78.7 Å². The van der Waals surface area contributed by atoms with Crippen LogP contribution >= 0.6 is 33.2 Å². The summed E-state index contributed by atoms with van der Waals surface area (Å²) in [7, 11) is -0.284. The van der Waals surface area contributed by atoms with Gasteiger partial charge in [0.25, 0.3) is 0 Å². The molecule has 0 N–H and O–H groups in total. The summed E-state index contributed by atoms with van der Waals surface area (Å²) in [5, 5.41) is 0. The Balaban J connectivity index is 0.0000000954. The summed E-state index contributed by atoms with van der Waals surface area (Å²) in [6, 6.07) is -2.19. The predicted octanol–water partition coefficient (Wildman–Crippen LogP) is 27.1. The van der Waals surface area contributed by atoms with Gasteiger partial charge in [0.1, 0.15) is 22.4 Å². The molecule has 30 aliphatic rings. The van der Waals surface area contributed by atoms with Crippen LogP contribution in [0.1, 0.15) is 277 Å². The summed E-state index contributed by atoms with van der Waals surface area (Å²) in [6.45, 7) is 46.8. The summed E-state index contributed by atoms with van der Waals surface area (Å²) < 4.78 is 54.5. The molecule has 0 aliphatic heterocycles. The maximum atomic E-state index is 13.0. The quantitative estimate of drug-likeness (QED) is 0.0563. The zero-order valence-electron chi connectivity index (χ0n) is 91.4. The number of hydrogen-bond acceptors (Lipinski definition) is 14. The van der Waals surface area contributed by atoms with Gasteiger partial charge in [-0.3, -0.25) is 19.2 Å². The van der Waals surface area contributed by atoms with Crippen LogP contribution in [0, 0.1) is 331 Å². The Labute approximate surface area is 865 Å². The van der Waals surface area contributed by atoms with E-state index in [2.05, 4.69) is 26.2 Å². The van der Waals surface area contributed by atoms with Crippen LogP contribution in [-0.4, -0.2) is 119 Å². The van der Waals surface area contributed by atoms with Gasteiger partial charge in [0.15, 0.2) is 0 Å². The zero-order valence-corrected chi connectivity index (χ0v) is 97.7. The maximum absolute atomic E-state index is 13.0. The molecule has 0 spiro atoms. The highest BCUT2D eigenvalue weighted by atomic mass is 35.8. The molecule has 30 saturated carbocycles. The van der Waals surface area contributed by atoms with Gasteiger partial charge in [-0.1, -0.05) is 26.2 Å². The number of carbonyl (C=O) groups excluding carboxylic acids is 4. The van der Waals surface area contributed by atoms with Crippen LogP contribution in [0.3, 0.4) is 0 Å². The molecule has 0 aromatic carbocycles. The predicted molar refractivity (Wildman–Crippen MR) is 561 cm³/mol. The number of carbonyl (C=O) groups is 4. The number of rotatable bonds is 13. The first kappa shape index (κ1) is 102. The van der Waals surface area contributed by atoms with E-state index in [9.17, 15) is 19.2 Å². The van der Waals surface area contributed by atoms with Crippen molar-refractivity contribution in [2.75, 3.05) is 41.2 Å². The Hall–Kier alpha value is -0.622. The summed E-state index contributed by atoms with van der Waals surface area (Å²) in [5.41, 5.74) is -1.33. The average Bonchev–Trinajstić information content (AvgIpc) is 1.50. The van der Waals surface area contributed by atoms with Crippen molar-refractivity contribution in [3.8, 4) is 0 Å². The van der Waals surface area contributed by atoms with Crippen LogP contribution in [0.4, 0.5) is 0 Å². The van der Waals surface area contributed by atoms with E-state index in [1.807, 2.05) is 117 Å². The van der Waals surface area contributed by atoms with Crippen LogP contribution in [0.15, 0.2) is 0 Å². The first-order valence-corrected chi connectivity index (χ1v) is 73.5. The molecule has 21 heteroatoms. The average molecular weight is 2060 g/mol. The normalized spacial score (nSPS) is 52.7. The van der Waals surface area contributed by atoms with Crippen molar-refractivity contribution in [2.45, 2.75) is 345 Å². The smallest absolute Gasteiger partial charge is 0.460 e. The molecule has 0 amide bonds. The first-order chi connectivity index (χ1) is 66.0. The lowest BCUT2D eigenvalue weighted by Crippen LogP contribution is -2.48. The third kappa shape index (κ3) is 16.9. The van der Waals surface area contributed by atoms with Gasteiger partial charge in [0.2, 0.25) is 0 Å². The topological polar surface area (TPSA) is 161 Å². The second-order valence-corrected chi connectivity index (χ2v) is 82.2. The molecule has 0 aromatic rings. The van der Waals surface area contributed by atoms with Gasteiger partial charge in [0, 0.05) is 62.3 Å². The monoisotopic (exact) mass is 2060 g/mol. The fourth-order valence-corrected chi connectivity index (χ4v) is 51.0. The Kier molecular flexibility index (Phi) is 26.7. The van der Waals surface area contributed by atoms with Gasteiger partial charge in [-0.2, -0.15) is 0 Å². The lowest BCUT2D eigenvalue weighted by molar-refractivity contribution is -0.165. The largest absolute Gasteiger partial charge is 0.497 e. The minimum atomic E-state index is -2.25. The van der Waals surface area contributed by atoms with Crippen LogP contribution in [0.25, 0.3) is 0 Å². The van der Waals surface area contributed by atoms with E-state index in [0.29, 0.717) is 43.5 Å². The molecular weight excluding hydrogens is 1870 g/mol. The number of halogens is 3. The molecule has 56 unspecified atom stereocenters. The molecule has 140 heavy (non-hydrogen) atoms. The van der Waals surface area contributed by atoms with Gasteiger partial charge in [-0.25, -0.2) is 0 Å². The van der Waals surface area contributed by atoms with Crippen molar-refractivity contribution in [1.82, 2.24) is 0 Å². The Morgan fingerprint density at radius 2 is 0.364 bits per heavy atom. The fourth-order valence-electron chi connectivity index (χ4n) is 48.6. The van der Waals surface area contributed by atoms with Crippen molar-refractivity contribution in [1.29, 1.82) is 0 Å². The minimum absolute atomic E-state index is 0.126. The summed E-state index contributed by atoms with van der Waals surface area (Å²) in [6.07, 6.45) is 40.0. The molecule has 788 valence electrons. The Bertz CT molecular complexity index is 4220. The summed E-state index contributed by atoms with van der Waals surface area (Å²) in [5.74, 6) is 54.5. The molecule has 0 heterocycles. The van der Waals surface area contributed by atoms with Crippen molar-refractivity contribution < 1.29 is 64.7 Å². The highest BCUT2D eigenvalue weighted by Gasteiger charge is 2.82. The van der Waals surface area contributed by atoms with Gasteiger partial charge < -0.3 is 45.5 Å². The SMILES string of the molecule is CC(C)(C)OC(=O)C1CC2CC1C1C3CC(C21)C1C2CC(C4C5CCC(C5)C24)C31.CC(C)(C)OC(=O)C1CC2CC1C1C3CC(C21)C1C2CC(C4C5CCC(C5)C24)C31.CC(C)(C)OC(=O)C1CC2CC1C1C3CC(C21)C1C2CC(C4C5CCC(C5)C24)C31.CC(C)(C)OC(=O)C1CC2CC1C1C3CC(C4C5CCC(C5)C34)C21.CCO[Si](C)(OCC)OCC.CO[Si](C)(OC)OC.C[Si](C)(C)C.C[Si](Cl)(Cl)Cl. The van der Waals surface area contributed by atoms with Gasteiger partial charge in [-0.15, -0.1) is 33.2 Å². The lowest BCUT2D eigenvalue weighted by Gasteiger charge is -2.51. The maximum Gasteiger partial charge on any atom is 0.497 e. The molecule has 30 rings (SSSR count). The van der Waals surface area contributed by atoms with Gasteiger partial charge >= 0.3 is 47.5 Å². The number of hydrogen-bond donors (Lipinski definition) is 0. The summed E-state index contributed by atoms with van der Waals surface area (Å²) >= 11 is 15.6. The van der Waals surface area contributed by atoms with E-state index < -0.39 is 31.7 Å². The molecule has 0 saturated heterocycles. The highest BCUT2D eigenvalue weighted by Crippen LogP contribution is 2.87. The van der Waals surface area contributed by atoms with E-state index in [1.165, 1.54) is 38.5 Å². The van der Waals surface area contributed by atoms with Crippen LogP contribution in [0.5, 0.6) is 0 Å². The molecular formula is C119H191Cl3O14Si4. The number of fused-ring (bicyclic) bond motifs is 85. The zero-order chi connectivity index (χ0) is 98.9. The highest BCUT2D eigenvalue weighted by molar-refractivity contribution is 7.64. The van der Waals surface area contributed by atoms with Crippen LogP contribution in [0.2, 0.25) is 45.8 Å². The summed E-state index contributed by atoms with van der Waals surface area (Å²) in [4.78, 5) is 51.8. The molecule has 30 fully saturated rings. The first-order valence-electron chi connectivity index (χ1n) is 59.6. The van der Waals surface area contributed by atoms with E-state index in [0.717, 1.165) is 310 Å². The van der Waals surface area contributed by atoms with E-state index in [1.54, 1.807) is 137 Å². The van der Waals surface area contributed by atoms with Gasteiger partial charge in [0.05, 0.1) is 23.7 Å². The number of esters is 4. The van der Waals surface area contributed by atoms with Crippen molar-refractivity contribution in [3.05, 3.63) is 0 Å². The molecule has 0 aromatic heterocycles. The number of ether oxygens (including phenoxy) is 4. The second kappa shape index (κ2) is 36.5. The van der Waals surface area contributed by atoms with Crippen molar-refractivity contribution in [2.24, 2.45) is 331 Å². The molecule has 14 nitrogen and oxygen atoms in total. The van der Waals surface area contributed by atoms with Crippen molar-refractivity contribution in [3.63, 3.8) is 0 Å². The van der Waals surface area contributed by atoms with Crippen molar-refractivity contribution >= 4 is 88.8 Å². The van der Waals surface area contributed by atoms with E-state index >= 15 is 0 Å². The van der Waals surface area contributed by atoms with E-state index in [-0.39, 0.29) is 70.0 Å². The standard InChI is InChI=1S/3C27H38O2.C22H32O2.C7H18O3Si.C4H12O3Si.C4H12Si.CH3Cl3Si/c3*1-27(2,3)29-26(28)15-8-13-7-14(15)23-19-10-18(22(13)23)24-16-9-17(25(19)24)21-12-5-4-11(6-12)20(16)21;1-22(2,3)24-21(23)14-8-12-7-13(14)20-16-9-15(19(12)20)17-10-4-5-11(6-10)18(16)17;1-5-8-11(4,9-6-2)10-7-3;1-5-8(4,6-2)7-3;2*1-5(2,3)4/h3*11-25H,4-10H2,1-3H3;10-20H,4-9H2,1-3H3;5-7H2,1-4H3;1-4H3;1-4H3;1H3. The molecule has 56 atom stereocenters. The van der Waals surface area contributed by atoms with Gasteiger partial charge in [-0.05, 0) is 591 Å². The third-order valence-corrected chi connectivity index (χ3v) is 53.5. The Morgan fingerprint density at radius 3 is 0.507 bits per heavy atom. The molecule has 0 radical (unpaired) electrons. The molecule has 30 bridgehead atoms.